The van der Waals surface area contributed by atoms with Gasteiger partial charge in [-0.25, -0.2) is 0 Å². The zero-order chi connectivity index (χ0) is 20.3. The van der Waals surface area contributed by atoms with Crippen LogP contribution in [0.15, 0.2) is 63.9 Å². The molecule has 0 fully saturated rings. The monoisotopic (exact) mass is 442 g/mol. The predicted octanol–water partition coefficient (Wildman–Crippen LogP) is 2.91. The molecule has 3 rings (SSSR count). The number of halogens is 1. The van der Waals surface area contributed by atoms with Crippen molar-refractivity contribution in [2.45, 2.75) is 6.92 Å². The Bertz CT molecular complexity index is 1110. The largest absolute Gasteiger partial charge is 0.505 e. The highest BCUT2D eigenvalue weighted by atomic mass is 79.9. The Balaban J connectivity index is 1.92. The van der Waals surface area contributed by atoms with Gasteiger partial charge in [0.1, 0.15) is 0 Å². The van der Waals surface area contributed by atoms with Crippen LogP contribution in [0.5, 0.6) is 5.75 Å². The second kappa shape index (κ2) is 8.05. The van der Waals surface area contributed by atoms with Gasteiger partial charge in [0.15, 0.2) is 11.4 Å². The number of amides is 2. The molecule has 1 aromatic heterocycles. The zero-order valence-corrected chi connectivity index (χ0v) is 16.2. The summed E-state index contributed by atoms with van der Waals surface area (Å²) < 4.78 is 1.84. The maximum atomic E-state index is 12.6. The SMILES string of the molecule is CC(=O)Nc1cccc(NC(=O)c2nn(-c3ccc(Br)cc3)c(=O)cc2O)c1. The topological polar surface area (TPSA) is 113 Å². The summed E-state index contributed by atoms with van der Waals surface area (Å²) in [5.41, 5.74) is 0.438. The first kappa shape index (κ1) is 19.3. The van der Waals surface area contributed by atoms with Crippen molar-refractivity contribution in [3.63, 3.8) is 0 Å². The minimum atomic E-state index is -0.705. The fraction of sp³-hybridized carbons (Fsp3) is 0.0526. The van der Waals surface area contributed by atoms with Crippen molar-refractivity contribution in [1.82, 2.24) is 9.78 Å². The number of carbonyl (C=O) groups excluding carboxylic acids is 2. The van der Waals surface area contributed by atoms with Crippen LogP contribution in [-0.4, -0.2) is 26.7 Å². The lowest BCUT2D eigenvalue weighted by molar-refractivity contribution is -0.114. The molecule has 0 bridgehead atoms. The highest BCUT2D eigenvalue weighted by Gasteiger charge is 2.17. The average molecular weight is 443 g/mol. The number of carbonyl (C=O) groups is 2. The van der Waals surface area contributed by atoms with Crippen molar-refractivity contribution in [3.05, 3.63) is 75.1 Å². The van der Waals surface area contributed by atoms with E-state index in [0.29, 0.717) is 17.1 Å². The molecule has 8 nitrogen and oxygen atoms in total. The standard InChI is InChI=1S/C19H15BrN4O4/c1-11(25)21-13-3-2-4-14(9-13)22-19(28)18-16(26)10-17(27)24(23-18)15-7-5-12(20)6-8-15/h2-10,26H,1H3,(H,21,25)(H,22,28). The molecule has 0 aliphatic heterocycles. The Kier molecular flexibility index (Phi) is 5.55. The van der Waals surface area contributed by atoms with Gasteiger partial charge in [0, 0.05) is 28.8 Å². The molecule has 0 atom stereocenters. The number of benzene rings is 2. The van der Waals surface area contributed by atoms with Gasteiger partial charge in [0.25, 0.3) is 11.5 Å². The molecule has 9 heteroatoms. The summed E-state index contributed by atoms with van der Waals surface area (Å²) >= 11 is 3.31. The van der Waals surface area contributed by atoms with Crippen molar-refractivity contribution in [3.8, 4) is 11.4 Å². The van der Waals surface area contributed by atoms with Crippen molar-refractivity contribution in [2.24, 2.45) is 0 Å². The van der Waals surface area contributed by atoms with E-state index >= 15 is 0 Å². The van der Waals surface area contributed by atoms with E-state index in [1.807, 2.05) is 0 Å². The minimum Gasteiger partial charge on any atom is -0.505 e. The number of nitrogens with zero attached hydrogens (tertiary/aromatic N) is 2. The number of aromatic hydroxyl groups is 1. The number of hydrogen-bond donors (Lipinski definition) is 3. The van der Waals surface area contributed by atoms with Crippen LogP contribution in [0.25, 0.3) is 5.69 Å². The van der Waals surface area contributed by atoms with Gasteiger partial charge in [-0.1, -0.05) is 22.0 Å². The second-order valence-electron chi connectivity index (χ2n) is 5.82. The van der Waals surface area contributed by atoms with Crippen molar-refractivity contribution in [1.29, 1.82) is 0 Å². The van der Waals surface area contributed by atoms with E-state index in [-0.39, 0.29) is 11.6 Å². The third kappa shape index (κ3) is 4.44. The van der Waals surface area contributed by atoms with Gasteiger partial charge in [-0.05, 0) is 42.5 Å². The van der Waals surface area contributed by atoms with Crippen molar-refractivity contribution < 1.29 is 14.7 Å². The molecular weight excluding hydrogens is 428 g/mol. The van der Waals surface area contributed by atoms with E-state index in [2.05, 4.69) is 31.7 Å². The molecule has 142 valence electrons. The van der Waals surface area contributed by atoms with Gasteiger partial charge in [-0.3, -0.25) is 14.4 Å². The Labute approximate surface area is 168 Å². The van der Waals surface area contributed by atoms with E-state index in [1.165, 1.54) is 6.92 Å². The van der Waals surface area contributed by atoms with Gasteiger partial charge in [0.05, 0.1) is 5.69 Å². The molecule has 3 aromatic rings. The van der Waals surface area contributed by atoms with E-state index in [4.69, 9.17) is 0 Å². The summed E-state index contributed by atoms with van der Waals surface area (Å²) in [6.07, 6.45) is 0. The van der Waals surface area contributed by atoms with Crippen molar-refractivity contribution >= 4 is 39.1 Å². The smallest absolute Gasteiger partial charge is 0.279 e. The van der Waals surface area contributed by atoms with E-state index in [1.54, 1.807) is 48.5 Å². The van der Waals surface area contributed by atoms with Gasteiger partial charge in [-0.15, -0.1) is 0 Å². The molecule has 2 amide bonds. The number of rotatable bonds is 4. The number of hydrogen-bond acceptors (Lipinski definition) is 5. The molecule has 0 saturated carbocycles. The molecule has 2 aromatic carbocycles. The lowest BCUT2D eigenvalue weighted by Crippen LogP contribution is -2.25. The third-order valence-electron chi connectivity index (χ3n) is 3.64. The van der Waals surface area contributed by atoms with Gasteiger partial charge >= 0.3 is 0 Å². The lowest BCUT2D eigenvalue weighted by Gasteiger charge is -2.10. The molecule has 0 unspecified atom stereocenters. The highest BCUT2D eigenvalue weighted by molar-refractivity contribution is 9.10. The molecule has 0 spiro atoms. The Morgan fingerprint density at radius 3 is 2.32 bits per heavy atom. The summed E-state index contributed by atoms with van der Waals surface area (Å²) in [4.78, 5) is 35.9. The van der Waals surface area contributed by atoms with Gasteiger partial charge in [0.2, 0.25) is 5.91 Å². The van der Waals surface area contributed by atoms with Crippen molar-refractivity contribution in [2.75, 3.05) is 10.6 Å². The normalized spacial score (nSPS) is 10.4. The summed E-state index contributed by atoms with van der Waals surface area (Å²) in [5.74, 6) is -1.48. The van der Waals surface area contributed by atoms with Crippen LogP contribution >= 0.6 is 15.9 Å². The third-order valence-corrected chi connectivity index (χ3v) is 4.17. The average Bonchev–Trinajstić information content (AvgIpc) is 2.62. The molecular formula is C19H15BrN4O4. The molecule has 28 heavy (non-hydrogen) atoms. The Morgan fingerprint density at radius 1 is 1.04 bits per heavy atom. The predicted molar refractivity (Wildman–Crippen MR) is 108 cm³/mol. The van der Waals surface area contributed by atoms with Crippen LogP contribution in [0.2, 0.25) is 0 Å². The van der Waals surface area contributed by atoms with E-state index in [0.717, 1.165) is 15.2 Å². The first-order chi connectivity index (χ1) is 13.3. The highest BCUT2D eigenvalue weighted by Crippen LogP contribution is 2.19. The van der Waals surface area contributed by atoms with Crippen LogP contribution in [0.1, 0.15) is 17.4 Å². The van der Waals surface area contributed by atoms with Crippen LogP contribution in [0, 0.1) is 0 Å². The van der Waals surface area contributed by atoms with E-state index < -0.39 is 17.2 Å². The molecule has 1 heterocycles. The number of aromatic nitrogens is 2. The maximum Gasteiger partial charge on any atom is 0.279 e. The second-order valence-corrected chi connectivity index (χ2v) is 6.74. The molecule has 3 N–H and O–H groups in total. The van der Waals surface area contributed by atoms with Crippen LogP contribution < -0.4 is 16.2 Å². The van der Waals surface area contributed by atoms with E-state index in [9.17, 15) is 19.5 Å². The summed E-state index contributed by atoms with van der Waals surface area (Å²) in [7, 11) is 0. The maximum absolute atomic E-state index is 12.6. The van der Waals surface area contributed by atoms with Crippen LogP contribution in [0.3, 0.4) is 0 Å². The zero-order valence-electron chi connectivity index (χ0n) is 14.6. The first-order valence-electron chi connectivity index (χ1n) is 8.12. The molecule has 0 aliphatic rings. The van der Waals surface area contributed by atoms with Crippen LogP contribution in [-0.2, 0) is 4.79 Å². The fourth-order valence-electron chi connectivity index (χ4n) is 2.44. The lowest BCUT2D eigenvalue weighted by atomic mass is 10.2. The summed E-state index contributed by atoms with van der Waals surface area (Å²) in [6.45, 7) is 1.37. The molecule has 0 aliphatic carbocycles. The Morgan fingerprint density at radius 2 is 1.68 bits per heavy atom. The molecule has 0 radical (unpaired) electrons. The first-order valence-corrected chi connectivity index (χ1v) is 8.91. The van der Waals surface area contributed by atoms with Gasteiger partial charge < -0.3 is 15.7 Å². The van der Waals surface area contributed by atoms with Crippen LogP contribution in [0.4, 0.5) is 11.4 Å². The van der Waals surface area contributed by atoms with Gasteiger partial charge in [-0.2, -0.15) is 9.78 Å². The number of nitrogens with one attached hydrogen (secondary N) is 2. The quantitative estimate of drug-likeness (QED) is 0.574. The summed E-state index contributed by atoms with van der Waals surface area (Å²) in [5, 5.41) is 19.2. The summed E-state index contributed by atoms with van der Waals surface area (Å²) in [6, 6.07) is 14.2. The molecule has 0 saturated heterocycles. The Hall–Kier alpha value is -3.46. The fourth-order valence-corrected chi connectivity index (χ4v) is 2.71. The minimum absolute atomic E-state index is 0.246. The number of anilines is 2.